The van der Waals surface area contributed by atoms with Crippen molar-refractivity contribution < 1.29 is 14.3 Å². The lowest BCUT2D eigenvalue weighted by atomic mass is 9.96. The minimum absolute atomic E-state index is 0.191. The number of amides is 1. The number of piperidine rings is 1. The van der Waals surface area contributed by atoms with Gasteiger partial charge in [0.2, 0.25) is 5.91 Å². The van der Waals surface area contributed by atoms with Gasteiger partial charge in [-0.15, -0.1) is 0 Å². The lowest BCUT2D eigenvalue weighted by Crippen LogP contribution is -2.38. The smallest absolute Gasteiger partial charge is 0.220 e. The summed E-state index contributed by atoms with van der Waals surface area (Å²) in [6, 6.07) is 8.32. The van der Waals surface area contributed by atoms with Crippen LogP contribution in [-0.4, -0.2) is 50.8 Å². The Kier molecular flexibility index (Phi) is 6.70. The Hall–Kier alpha value is -1.59. The molecular weight excluding hydrogens is 316 g/mol. The van der Waals surface area contributed by atoms with Crippen molar-refractivity contribution in [2.45, 2.75) is 32.2 Å². The lowest BCUT2D eigenvalue weighted by Gasteiger charge is -2.32. The van der Waals surface area contributed by atoms with Gasteiger partial charge in [-0.2, -0.15) is 0 Å². The summed E-state index contributed by atoms with van der Waals surface area (Å²) < 4.78 is 10.5. The molecule has 5 nitrogen and oxygen atoms in total. The van der Waals surface area contributed by atoms with Crippen LogP contribution >= 0.6 is 0 Å². The molecule has 2 saturated heterocycles. The molecule has 2 aliphatic rings. The first kappa shape index (κ1) is 18.2. The van der Waals surface area contributed by atoms with Crippen LogP contribution in [0, 0.1) is 11.8 Å². The van der Waals surface area contributed by atoms with Crippen LogP contribution < -0.4 is 10.1 Å². The summed E-state index contributed by atoms with van der Waals surface area (Å²) in [5, 5.41) is 3.13. The Morgan fingerprint density at radius 1 is 1.20 bits per heavy atom. The molecule has 1 aromatic carbocycles. The molecule has 2 heterocycles. The largest absolute Gasteiger partial charge is 0.497 e. The second kappa shape index (κ2) is 9.20. The number of ether oxygens (including phenoxy) is 2. The first-order chi connectivity index (χ1) is 12.2. The molecule has 1 atom stereocenters. The number of nitrogens with one attached hydrogen (secondary N) is 1. The van der Waals surface area contributed by atoms with Crippen LogP contribution in [0.5, 0.6) is 5.75 Å². The van der Waals surface area contributed by atoms with Gasteiger partial charge in [0.25, 0.3) is 0 Å². The highest BCUT2D eigenvalue weighted by molar-refractivity contribution is 5.76. The molecule has 0 radical (unpaired) electrons. The number of methoxy groups -OCH3 is 1. The highest BCUT2D eigenvalue weighted by Gasteiger charge is 2.22. The van der Waals surface area contributed by atoms with Crippen LogP contribution in [0.3, 0.4) is 0 Å². The molecule has 1 amide bonds. The quantitative estimate of drug-likeness (QED) is 0.824. The van der Waals surface area contributed by atoms with E-state index in [1.807, 2.05) is 12.1 Å². The molecule has 1 unspecified atom stereocenters. The maximum atomic E-state index is 12.0. The van der Waals surface area contributed by atoms with E-state index in [2.05, 4.69) is 22.3 Å². The van der Waals surface area contributed by atoms with E-state index >= 15 is 0 Å². The third kappa shape index (κ3) is 5.72. The van der Waals surface area contributed by atoms with Gasteiger partial charge in [-0.1, -0.05) is 12.1 Å². The Bertz CT molecular complexity index is 532. The highest BCUT2D eigenvalue weighted by Crippen LogP contribution is 2.20. The number of carbonyl (C=O) groups excluding carboxylic acids is 1. The Labute approximate surface area is 150 Å². The monoisotopic (exact) mass is 346 g/mol. The lowest BCUT2D eigenvalue weighted by molar-refractivity contribution is -0.122. The van der Waals surface area contributed by atoms with Crippen molar-refractivity contribution in [3.63, 3.8) is 0 Å². The van der Waals surface area contributed by atoms with Crippen LogP contribution in [0.2, 0.25) is 0 Å². The molecule has 1 aromatic rings. The van der Waals surface area contributed by atoms with Gasteiger partial charge in [-0.05, 0) is 61.9 Å². The molecule has 0 bridgehead atoms. The number of rotatable bonds is 7. The van der Waals surface area contributed by atoms with Crippen LogP contribution in [-0.2, 0) is 16.1 Å². The average molecular weight is 346 g/mol. The fourth-order valence-electron chi connectivity index (χ4n) is 3.67. The first-order valence-electron chi connectivity index (χ1n) is 9.42. The summed E-state index contributed by atoms with van der Waals surface area (Å²) in [5.41, 5.74) is 1.33. The van der Waals surface area contributed by atoms with Crippen molar-refractivity contribution in [2.24, 2.45) is 11.8 Å². The third-order valence-corrected chi connectivity index (χ3v) is 5.36. The molecule has 0 aromatic heterocycles. The second-order valence-corrected chi connectivity index (χ2v) is 7.31. The van der Waals surface area contributed by atoms with E-state index in [9.17, 15) is 4.79 Å². The number of benzene rings is 1. The summed E-state index contributed by atoms with van der Waals surface area (Å²) in [6.07, 6.45) is 3.96. The van der Waals surface area contributed by atoms with Crippen LogP contribution in [0.25, 0.3) is 0 Å². The van der Waals surface area contributed by atoms with Gasteiger partial charge in [-0.25, -0.2) is 0 Å². The molecule has 2 fully saturated rings. The average Bonchev–Trinajstić information content (AvgIpc) is 3.15. The van der Waals surface area contributed by atoms with Gasteiger partial charge in [-0.3, -0.25) is 9.69 Å². The molecule has 3 rings (SSSR count). The number of carbonyl (C=O) groups is 1. The van der Waals surface area contributed by atoms with Crippen LogP contribution in [0.1, 0.15) is 31.2 Å². The molecular formula is C20H30N2O3. The van der Waals surface area contributed by atoms with Crippen molar-refractivity contribution in [2.75, 3.05) is 40.0 Å². The minimum atomic E-state index is 0.191. The van der Waals surface area contributed by atoms with Gasteiger partial charge in [0.15, 0.2) is 0 Å². The highest BCUT2D eigenvalue weighted by atomic mass is 16.5. The van der Waals surface area contributed by atoms with E-state index in [-0.39, 0.29) is 5.91 Å². The van der Waals surface area contributed by atoms with E-state index in [0.717, 1.165) is 64.4 Å². The summed E-state index contributed by atoms with van der Waals surface area (Å²) in [5.74, 6) is 2.13. The first-order valence-corrected chi connectivity index (χ1v) is 9.42. The zero-order chi connectivity index (χ0) is 17.5. The normalized spacial score (nSPS) is 22.0. The molecule has 0 saturated carbocycles. The number of nitrogens with zero attached hydrogens (tertiary/aromatic N) is 1. The van der Waals surface area contributed by atoms with E-state index in [4.69, 9.17) is 9.47 Å². The van der Waals surface area contributed by atoms with E-state index in [1.54, 1.807) is 7.11 Å². The minimum Gasteiger partial charge on any atom is -0.497 e. The fourth-order valence-corrected chi connectivity index (χ4v) is 3.67. The number of hydrogen-bond acceptors (Lipinski definition) is 4. The van der Waals surface area contributed by atoms with Gasteiger partial charge in [0.05, 0.1) is 7.11 Å². The van der Waals surface area contributed by atoms with E-state index in [1.165, 1.54) is 5.56 Å². The van der Waals surface area contributed by atoms with Crippen molar-refractivity contribution in [3.05, 3.63) is 29.8 Å². The molecule has 138 valence electrons. The standard InChI is InChI=1S/C20H30N2O3/c1-24-19-4-2-17(3-5-19)14-22-9-6-16(7-10-22)13-21-20(23)12-18-8-11-25-15-18/h2-5,16,18H,6-15H2,1H3,(H,21,23). The summed E-state index contributed by atoms with van der Waals surface area (Å²) in [7, 11) is 1.69. The van der Waals surface area contributed by atoms with Crippen LogP contribution in [0.15, 0.2) is 24.3 Å². The van der Waals surface area contributed by atoms with Crippen molar-refractivity contribution in [1.29, 1.82) is 0 Å². The van der Waals surface area contributed by atoms with Gasteiger partial charge < -0.3 is 14.8 Å². The summed E-state index contributed by atoms with van der Waals surface area (Å²) >= 11 is 0. The topological polar surface area (TPSA) is 50.8 Å². The van der Waals surface area contributed by atoms with Crippen molar-refractivity contribution >= 4 is 5.91 Å². The predicted molar refractivity (Wildman–Crippen MR) is 97.5 cm³/mol. The SMILES string of the molecule is COc1ccc(CN2CCC(CNC(=O)CC3CCOC3)CC2)cc1. The second-order valence-electron chi connectivity index (χ2n) is 7.31. The number of hydrogen-bond donors (Lipinski definition) is 1. The van der Waals surface area contributed by atoms with Gasteiger partial charge in [0.1, 0.15) is 5.75 Å². The molecule has 0 spiro atoms. The summed E-state index contributed by atoms with van der Waals surface area (Å²) in [4.78, 5) is 14.5. The van der Waals surface area contributed by atoms with Crippen molar-refractivity contribution in [1.82, 2.24) is 10.2 Å². The molecule has 25 heavy (non-hydrogen) atoms. The molecule has 2 aliphatic heterocycles. The van der Waals surface area contributed by atoms with Gasteiger partial charge >= 0.3 is 0 Å². The van der Waals surface area contributed by atoms with E-state index < -0.39 is 0 Å². The summed E-state index contributed by atoms with van der Waals surface area (Å²) in [6.45, 7) is 5.57. The Balaban J connectivity index is 1.33. The van der Waals surface area contributed by atoms with Crippen molar-refractivity contribution in [3.8, 4) is 5.75 Å². The molecule has 1 N–H and O–H groups in total. The maximum Gasteiger partial charge on any atom is 0.220 e. The predicted octanol–water partition coefficient (Wildman–Crippen LogP) is 2.45. The third-order valence-electron chi connectivity index (χ3n) is 5.36. The van der Waals surface area contributed by atoms with E-state index in [0.29, 0.717) is 18.3 Å². The zero-order valence-corrected chi connectivity index (χ0v) is 15.2. The van der Waals surface area contributed by atoms with Crippen LogP contribution in [0.4, 0.5) is 0 Å². The maximum absolute atomic E-state index is 12.0. The Morgan fingerprint density at radius 3 is 2.60 bits per heavy atom. The zero-order valence-electron chi connectivity index (χ0n) is 15.2. The molecule has 5 heteroatoms. The number of likely N-dealkylation sites (tertiary alicyclic amines) is 1. The molecule has 0 aliphatic carbocycles. The Morgan fingerprint density at radius 2 is 1.96 bits per heavy atom. The van der Waals surface area contributed by atoms with Gasteiger partial charge in [0, 0.05) is 32.7 Å². The fraction of sp³-hybridized carbons (Fsp3) is 0.650.